The van der Waals surface area contributed by atoms with Crippen molar-refractivity contribution in [3.05, 3.63) is 45.4 Å². The summed E-state index contributed by atoms with van der Waals surface area (Å²) in [4.78, 5) is 9.98. The fraction of sp³-hybridized carbons (Fsp3) is 0.474. The number of nitrogens with one attached hydrogen (secondary N) is 2. The number of aliphatic imine (C=N–C) groups is 1. The van der Waals surface area contributed by atoms with Gasteiger partial charge >= 0.3 is 0 Å². The second-order valence-corrected chi connectivity index (χ2v) is 7.16. The van der Waals surface area contributed by atoms with E-state index in [1.54, 1.807) is 18.4 Å². The van der Waals surface area contributed by atoms with Crippen molar-refractivity contribution in [1.29, 1.82) is 0 Å². The second-order valence-electron chi connectivity index (χ2n) is 5.87. The Bertz CT molecular complexity index is 703. The Morgan fingerprint density at radius 1 is 1.23 bits per heavy atom. The molecule has 144 valence electrons. The lowest BCUT2D eigenvalue weighted by Crippen LogP contribution is -2.36. The normalized spacial score (nSPS) is 11.0. The van der Waals surface area contributed by atoms with Gasteiger partial charge in [-0.1, -0.05) is 25.5 Å². The third-order valence-corrected chi connectivity index (χ3v) is 4.84. The Kier molecular flexibility index (Phi) is 10.6. The molecule has 0 saturated heterocycles. The van der Waals surface area contributed by atoms with Gasteiger partial charge in [-0.25, -0.2) is 4.98 Å². The predicted octanol–water partition coefficient (Wildman–Crippen LogP) is 4.42. The monoisotopic (exact) mass is 488 g/mol. The maximum Gasteiger partial charge on any atom is 0.191 e. The molecular weight excluding hydrogens is 459 g/mol. The number of aryl methyl sites for hydroxylation is 2. The van der Waals surface area contributed by atoms with Crippen LogP contribution >= 0.6 is 35.3 Å². The largest absolute Gasteiger partial charge is 0.494 e. The first kappa shape index (κ1) is 22.7. The third-order valence-electron chi connectivity index (χ3n) is 3.76. The highest BCUT2D eigenvalue weighted by atomic mass is 127. The molecule has 0 radical (unpaired) electrons. The van der Waals surface area contributed by atoms with Gasteiger partial charge in [0.25, 0.3) is 0 Å². The van der Waals surface area contributed by atoms with E-state index in [2.05, 4.69) is 39.7 Å². The van der Waals surface area contributed by atoms with Crippen LogP contribution in [0.25, 0.3) is 0 Å². The van der Waals surface area contributed by atoms with E-state index in [-0.39, 0.29) is 24.0 Å². The number of thiazole rings is 1. The molecule has 5 nitrogen and oxygen atoms in total. The maximum atomic E-state index is 5.76. The first-order valence-electron chi connectivity index (χ1n) is 8.71. The lowest BCUT2D eigenvalue weighted by atomic mass is 10.2. The van der Waals surface area contributed by atoms with Crippen molar-refractivity contribution >= 4 is 41.3 Å². The number of guanidine groups is 1. The Labute approximate surface area is 177 Å². The van der Waals surface area contributed by atoms with Crippen LogP contribution in [0.3, 0.4) is 0 Å². The summed E-state index contributed by atoms with van der Waals surface area (Å²) in [6.45, 7) is 8.44. The summed E-state index contributed by atoms with van der Waals surface area (Å²) in [7, 11) is 1.78. The van der Waals surface area contributed by atoms with E-state index in [1.807, 2.05) is 26.0 Å². The Morgan fingerprint density at radius 2 is 2.00 bits per heavy atom. The highest BCUT2D eigenvalue weighted by molar-refractivity contribution is 14.0. The lowest BCUT2D eigenvalue weighted by Gasteiger charge is -2.12. The first-order chi connectivity index (χ1) is 12.1. The molecule has 0 aliphatic heterocycles. The number of benzene rings is 1. The van der Waals surface area contributed by atoms with Gasteiger partial charge in [0.05, 0.1) is 23.9 Å². The van der Waals surface area contributed by atoms with E-state index in [0.717, 1.165) is 48.4 Å². The minimum Gasteiger partial charge on any atom is -0.494 e. The summed E-state index contributed by atoms with van der Waals surface area (Å²) in [5, 5.41) is 7.78. The summed E-state index contributed by atoms with van der Waals surface area (Å²) in [5.74, 6) is 1.70. The van der Waals surface area contributed by atoms with Crippen LogP contribution in [0.1, 0.15) is 40.9 Å². The lowest BCUT2D eigenvalue weighted by molar-refractivity contribution is 0.309. The quantitative estimate of drug-likeness (QED) is 0.250. The van der Waals surface area contributed by atoms with Crippen LogP contribution < -0.4 is 15.4 Å². The van der Waals surface area contributed by atoms with E-state index in [9.17, 15) is 0 Å². The van der Waals surface area contributed by atoms with Crippen molar-refractivity contribution < 1.29 is 4.74 Å². The smallest absolute Gasteiger partial charge is 0.191 e. The number of ether oxygens (including phenoxy) is 1. The number of rotatable bonds is 8. The molecule has 1 aromatic heterocycles. The Morgan fingerprint density at radius 3 is 2.65 bits per heavy atom. The number of unbranched alkanes of at least 4 members (excludes halogenated alkanes) is 1. The molecule has 2 rings (SSSR count). The summed E-state index contributed by atoms with van der Waals surface area (Å²) in [6.07, 6.45) is 2.22. The van der Waals surface area contributed by atoms with Gasteiger partial charge in [-0.15, -0.1) is 35.3 Å². The molecule has 0 atom stereocenters. The van der Waals surface area contributed by atoms with Crippen LogP contribution in [0.2, 0.25) is 0 Å². The Balaban J connectivity index is 0.00000338. The van der Waals surface area contributed by atoms with Gasteiger partial charge in [0.2, 0.25) is 0 Å². The van der Waals surface area contributed by atoms with Crippen LogP contribution in [0.5, 0.6) is 5.75 Å². The van der Waals surface area contributed by atoms with Crippen LogP contribution in [-0.4, -0.2) is 24.6 Å². The van der Waals surface area contributed by atoms with Gasteiger partial charge in [-0.2, -0.15) is 0 Å². The summed E-state index contributed by atoms with van der Waals surface area (Å²) < 4.78 is 5.76. The highest BCUT2D eigenvalue weighted by Crippen LogP contribution is 2.16. The van der Waals surface area contributed by atoms with Gasteiger partial charge in [0.1, 0.15) is 5.75 Å². The van der Waals surface area contributed by atoms with E-state index < -0.39 is 0 Å². The fourth-order valence-electron chi connectivity index (χ4n) is 2.39. The molecule has 2 aromatic rings. The third kappa shape index (κ3) is 7.49. The molecule has 0 aliphatic rings. The average Bonchev–Trinajstić information content (AvgIpc) is 2.93. The molecule has 0 unspecified atom stereocenters. The number of hydrogen-bond acceptors (Lipinski definition) is 4. The van der Waals surface area contributed by atoms with Crippen LogP contribution in [-0.2, 0) is 13.1 Å². The van der Waals surface area contributed by atoms with E-state index in [0.29, 0.717) is 6.54 Å². The number of hydrogen-bond donors (Lipinski definition) is 2. The summed E-state index contributed by atoms with van der Waals surface area (Å²) in [5.41, 5.74) is 2.25. The van der Waals surface area contributed by atoms with Crippen molar-refractivity contribution in [3.63, 3.8) is 0 Å². The van der Waals surface area contributed by atoms with Crippen LogP contribution in [0, 0.1) is 13.8 Å². The predicted molar refractivity (Wildman–Crippen MR) is 121 cm³/mol. The standard InChI is InChI=1S/C19H28N4OS.HI/c1-5-6-10-24-17-9-7-8-16(11-17)12-21-19(20-4)22-13-18-14(2)23-15(3)25-18;/h7-9,11H,5-6,10,12-13H2,1-4H3,(H2,20,21,22);1H. The molecule has 0 amide bonds. The number of halogens is 1. The molecular formula is C19H29IN4OS. The van der Waals surface area contributed by atoms with Gasteiger partial charge in [-0.05, 0) is 38.0 Å². The van der Waals surface area contributed by atoms with E-state index in [1.165, 1.54) is 10.4 Å². The van der Waals surface area contributed by atoms with Gasteiger partial charge in [0, 0.05) is 18.5 Å². The molecule has 1 heterocycles. The molecule has 2 N–H and O–H groups in total. The van der Waals surface area contributed by atoms with E-state index in [4.69, 9.17) is 4.74 Å². The maximum absolute atomic E-state index is 5.76. The fourth-order valence-corrected chi connectivity index (χ4v) is 3.26. The topological polar surface area (TPSA) is 58.5 Å². The molecule has 7 heteroatoms. The summed E-state index contributed by atoms with van der Waals surface area (Å²) in [6, 6.07) is 8.19. The first-order valence-corrected chi connectivity index (χ1v) is 9.53. The minimum atomic E-state index is 0. The van der Waals surface area contributed by atoms with Crippen molar-refractivity contribution in [2.75, 3.05) is 13.7 Å². The SMILES string of the molecule is CCCCOc1cccc(CNC(=NC)NCc2sc(C)nc2C)c1.I. The van der Waals surface area contributed by atoms with Gasteiger partial charge < -0.3 is 15.4 Å². The zero-order valence-electron chi connectivity index (χ0n) is 16.0. The van der Waals surface area contributed by atoms with Gasteiger partial charge in [0.15, 0.2) is 5.96 Å². The van der Waals surface area contributed by atoms with Crippen LogP contribution in [0.4, 0.5) is 0 Å². The van der Waals surface area contributed by atoms with Crippen molar-refractivity contribution in [2.24, 2.45) is 4.99 Å². The molecule has 0 spiro atoms. The van der Waals surface area contributed by atoms with Gasteiger partial charge in [-0.3, -0.25) is 4.99 Å². The van der Waals surface area contributed by atoms with Crippen molar-refractivity contribution in [1.82, 2.24) is 15.6 Å². The van der Waals surface area contributed by atoms with E-state index >= 15 is 0 Å². The molecule has 0 aliphatic carbocycles. The van der Waals surface area contributed by atoms with Crippen molar-refractivity contribution in [2.45, 2.75) is 46.7 Å². The highest BCUT2D eigenvalue weighted by Gasteiger charge is 2.06. The summed E-state index contributed by atoms with van der Waals surface area (Å²) >= 11 is 1.72. The van der Waals surface area contributed by atoms with Crippen LogP contribution in [0.15, 0.2) is 29.3 Å². The molecule has 1 aromatic carbocycles. The zero-order chi connectivity index (χ0) is 18.1. The zero-order valence-corrected chi connectivity index (χ0v) is 19.1. The average molecular weight is 488 g/mol. The number of aromatic nitrogens is 1. The molecule has 0 bridgehead atoms. The second kappa shape index (κ2) is 12.1. The minimum absolute atomic E-state index is 0. The molecule has 26 heavy (non-hydrogen) atoms. The molecule has 0 fully saturated rings. The number of nitrogens with zero attached hydrogens (tertiary/aromatic N) is 2. The Hall–Kier alpha value is -1.35. The van der Waals surface area contributed by atoms with Crippen molar-refractivity contribution in [3.8, 4) is 5.75 Å². The molecule has 0 saturated carbocycles.